The summed E-state index contributed by atoms with van der Waals surface area (Å²) in [5.41, 5.74) is 2.75. The molecule has 1 aromatic rings. The molecular weight excluding hydrogens is 208 g/mol. The second-order valence-corrected chi connectivity index (χ2v) is 5.43. The lowest BCUT2D eigenvalue weighted by Crippen LogP contribution is -2.17. The quantitative estimate of drug-likeness (QED) is 0.830. The van der Waals surface area contributed by atoms with Crippen LogP contribution in [0.1, 0.15) is 55.6 Å². The Balaban J connectivity index is 2.12. The Morgan fingerprint density at radius 1 is 1.12 bits per heavy atom. The van der Waals surface area contributed by atoms with E-state index in [1.807, 2.05) is 0 Å². The summed E-state index contributed by atoms with van der Waals surface area (Å²) in [6, 6.07) is 8.90. The van der Waals surface area contributed by atoms with E-state index in [0.717, 1.165) is 12.3 Å². The summed E-state index contributed by atoms with van der Waals surface area (Å²) in [4.78, 5) is 0. The molecule has 1 aliphatic rings. The van der Waals surface area contributed by atoms with Crippen molar-refractivity contribution in [2.45, 2.75) is 51.4 Å². The van der Waals surface area contributed by atoms with E-state index >= 15 is 0 Å². The highest BCUT2D eigenvalue weighted by Crippen LogP contribution is 2.37. The lowest BCUT2D eigenvalue weighted by Gasteiger charge is -2.30. The summed E-state index contributed by atoms with van der Waals surface area (Å²) in [6.07, 6.45) is 7.76. The zero-order valence-corrected chi connectivity index (χ0v) is 10.9. The van der Waals surface area contributed by atoms with Crippen LogP contribution in [0.2, 0.25) is 0 Å². The van der Waals surface area contributed by atoms with Gasteiger partial charge in [-0.1, -0.05) is 49.1 Å². The van der Waals surface area contributed by atoms with E-state index in [1.165, 1.54) is 43.2 Å². The van der Waals surface area contributed by atoms with Crippen molar-refractivity contribution in [1.29, 1.82) is 0 Å². The first-order valence-electron chi connectivity index (χ1n) is 6.98. The van der Waals surface area contributed by atoms with E-state index in [4.69, 9.17) is 0 Å². The van der Waals surface area contributed by atoms with E-state index < -0.39 is 0 Å². The number of aliphatic hydroxyl groups is 1. The van der Waals surface area contributed by atoms with E-state index in [2.05, 4.69) is 31.2 Å². The minimum atomic E-state index is 0.315. The van der Waals surface area contributed by atoms with Gasteiger partial charge in [0, 0.05) is 6.61 Å². The fraction of sp³-hybridized carbons (Fsp3) is 0.625. The van der Waals surface area contributed by atoms with Gasteiger partial charge in [-0.25, -0.2) is 0 Å². The zero-order valence-electron chi connectivity index (χ0n) is 10.9. The van der Waals surface area contributed by atoms with Gasteiger partial charge in [0.2, 0.25) is 0 Å². The highest BCUT2D eigenvalue weighted by atomic mass is 16.3. The van der Waals surface area contributed by atoms with Crippen LogP contribution >= 0.6 is 0 Å². The molecule has 1 nitrogen and oxygen atoms in total. The second-order valence-electron chi connectivity index (χ2n) is 5.43. The van der Waals surface area contributed by atoms with Gasteiger partial charge < -0.3 is 5.11 Å². The molecule has 94 valence electrons. The number of aliphatic hydroxyl groups excluding tert-OH is 1. The normalized spacial score (nSPS) is 19.2. The maximum atomic E-state index is 9.28. The molecule has 1 heteroatoms. The summed E-state index contributed by atoms with van der Waals surface area (Å²) in [5, 5.41) is 9.28. The molecule has 1 N–H and O–H groups in total. The van der Waals surface area contributed by atoms with Crippen molar-refractivity contribution in [1.82, 2.24) is 0 Å². The minimum absolute atomic E-state index is 0.315. The van der Waals surface area contributed by atoms with Gasteiger partial charge in [0.25, 0.3) is 0 Å². The predicted octanol–water partition coefficient (Wildman–Crippen LogP) is 4.04. The van der Waals surface area contributed by atoms with E-state index in [0.29, 0.717) is 12.5 Å². The largest absolute Gasteiger partial charge is 0.396 e. The van der Waals surface area contributed by atoms with Crippen molar-refractivity contribution in [3.05, 3.63) is 35.4 Å². The molecule has 0 spiro atoms. The molecule has 0 amide bonds. The lowest BCUT2D eigenvalue weighted by molar-refractivity contribution is 0.229. The Bertz CT molecular complexity index is 322. The molecule has 1 fully saturated rings. The maximum absolute atomic E-state index is 9.28. The topological polar surface area (TPSA) is 20.2 Å². The second kappa shape index (κ2) is 6.20. The van der Waals surface area contributed by atoms with Crippen LogP contribution in [0.5, 0.6) is 0 Å². The number of benzene rings is 1. The number of aryl methyl sites for hydroxylation is 1. The van der Waals surface area contributed by atoms with Gasteiger partial charge in [0.15, 0.2) is 0 Å². The van der Waals surface area contributed by atoms with Gasteiger partial charge in [-0.15, -0.1) is 0 Å². The first-order valence-corrected chi connectivity index (χ1v) is 6.98. The molecule has 1 unspecified atom stereocenters. The van der Waals surface area contributed by atoms with Crippen molar-refractivity contribution in [2.75, 3.05) is 6.61 Å². The van der Waals surface area contributed by atoms with Crippen LogP contribution in [0.4, 0.5) is 0 Å². The third-order valence-corrected chi connectivity index (χ3v) is 4.16. The average Bonchev–Trinajstić information content (AvgIpc) is 2.38. The maximum Gasteiger partial charge on any atom is 0.0436 e. The van der Waals surface area contributed by atoms with Gasteiger partial charge in [0.1, 0.15) is 0 Å². The van der Waals surface area contributed by atoms with Crippen molar-refractivity contribution < 1.29 is 5.11 Å². The molecule has 1 aromatic carbocycles. The highest BCUT2D eigenvalue weighted by Gasteiger charge is 2.24. The molecule has 1 saturated carbocycles. The fourth-order valence-corrected chi connectivity index (χ4v) is 3.16. The summed E-state index contributed by atoms with van der Waals surface area (Å²) < 4.78 is 0. The third-order valence-electron chi connectivity index (χ3n) is 4.16. The molecule has 17 heavy (non-hydrogen) atoms. The molecule has 0 bridgehead atoms. The van der Waals surface area contributed by atoms with Crippen molar-refractivity contribution >= 4 is 0 Å². The first kappa shape index (κ1) is 12.6. The smallest absolute Gasteiger partial charge is 0.0436 e. The molecular formula is C16H24O. The molecule has 1 aliphatic carbocycles. The van der Waals surface area contributed by atoms with Crippen LogP contribution in [0, 0.1) is 12.8 Å². The van der Waals surface area contributed by atoms with E-state index in [-0.39, 0.29) is 0 Å². The monoisotopic (exact) mass is 232 g/mol. The molecule has 0 radical (unpaired) electrons. The van der Waals surface area contributed by atoms with Gasteiger partial charge in [-0.05, 0) is 43.6 Å². The van der Waals surface area contributed by atoms with Gasteiger partial charge in [0.05, 0.1) is 0 Å². The Kier molecular flexibility index (Phi) is 4.61. The highest BCUT2D eigenvalue weighted by molar-refractivity contribution is 5.25. The minimum Gasteiger partial charge on any atom is -0.396 e. The van der Waals surface area contributed by atoms with Gasteiger partial charge in [-0.2, -0.15) is 0 Å². The fourth-order valence-electron chi connectivity index (χ4n) is 3.16. The van der Waals surface area contributed by atoms with E-state index in [1.54, 1.807) is 0 Å². The lowest BCUT2D eigenvalue weighted by atomic mass is 9.75. The van der Waals surface area contributed by atoms with Crippen molar-refractivity contribution in [3.8, 4) is 0 Å². The molecule has 0 saturated heterocycles. The predicted molar refractivity (Wildman–Crippen MR) is 72.2 cm³/mol. The van der Waals surface area contributed by atoms with Crippen LogP contribution in [-0.4, -0.2) is 11.7 Å². The van der Waals surface area contributed by atoms with Crippen LogP contribution in [-0.2, 0) is 0 Å². The Labute approximate surface area is 105 Å². The van der Waals surface area contributed by atoms with Crippen molar-refractivity contribution in [2.24, 2.45) is 5.92 Å². The number of hydrogen-bond acceptors (Lipinski definition) is 1. The summed E-state index contributed by atoms with van der Waals surface area (Å²) in [6.45, 7) is 2.44. The van der Waals surface area contributed by atoms with Crippen LogP contribution in [0.25, 0.3) is 0 Å². The molecule has 1 atom stereocenters. The summed E-state index contributed by atoms with van der Waals surface area (Å²) in [7, 11) is 0. The van der Waals surface area contributed by atoms with Gasteiger partial charge >= 0.3 is 0 Å². The van der Waals surface area contributed by atoms with E-state index in [9.17, 15) is 5.11 Å². The van der Waals surface area contributed by atoms with Crippen LogP contribution in [0.15, 0.2) is 24.3 Å². The van der Waals surface area contributed by atoms with Crippen molar-refractivity contribution in [3.63, 3.8) is 0 Å². The van der Waals surface area contributed by atoms with Crippen LogP contribution in [0.3, 0.4) is 0 Å². The molecule has 0 aliphatic heterocycles. The number of rotatable bonds is 4. The Morgan fingerprint density at radius 2 is 1.76 bits per heavy atom. The Hall–Kier alpha value is -0.820. The average molecular weight is 232 g/mol. The molecule has 2 rings (SSSR count). The standard InChI is InChI=1S/C16H24O/c1-13-7-9-15(10-8-13)16(11-12-17)14-5-3-2-4-6-14/h7-10,14,16-17H,2-6,11-12H2,1H3. The Morgan fingerprint density at radius 3 is 2.35 bits per heavy atom. The SMILES string of the molecule is Cc1ccc(C(CCO)C2CCCCC2)cc1. The third kappa shape index (κ3) is 3.32. The van der Waals surface area contributed by atoms with Gasteiger partial charge in [-0.3, -0.25) is 0 Å². The van der Waals surface area contributed by atoms with Crippen LogP contribution < -0.4 is 0 Å². The summed E-state index contributed by atoms with van der Waals surface area (Å²) >= 11 is 0. The summed E-state index contributed by atoms with van der Waals surface area (Å²) in [5.74, 6) is 1.36. The zero-order chi connectivity index (χ0) is 12.1. The molecule has 0 aromatic heterocycles. The molecule has 0 heterocycles. The first-order chi connectivity index (χ1) is 8.31. The number of hydrogen-bond donors (Lipinski definition) is 1.